The summed E-state index contributed by atoms with van der Waals surface area (Å²) in [4.78, 5) is 25.7. The van der Waals surface area contributed by atoms with Gasteiger partial charge in [-0.3, -0.25) is 9.59 Å². The Morgan fingerprint density at radius 1 is 1.33 bits per heavy atom. The molecular formula is C19H25N3O2. The number of likely N-dealkylation sites (tertiary alicyclic amines) is 1. The maximum absolute atomic E-state index is 12.6. The van der Waals surface area contributed by atoms with Crippen LogP contribution in [0, 0.1) is 12.8 Å². The molecule has 0 aliphatic carbocycles. The number of hydrazone groups is 1. The lowest BCUT2D eigenvalue weighted by atomic mass is 9.90. The van der Waals surface area contributed by atoms with Crippen LogP contribution in [0.5, 0.6) is 0 Å². The van der Waals surface area contributed by atoms with E-state index in [-0.39, 0.29) is 11.8 Å². The number of rotatable bonds is 4. The molecule has 1 saturated heterocycles. The largest absolute Gasteiger partial charge is 0.337 e. The van der Waals surface area contributed by atoms with Gasteiger partial charge in [0.2, 0.25) is 5.91 Å². The van der Waals surface area contributed by atoms with Gasteiger partial charge in [0.15, 0.2) is 0 Å². The summed E-state index contributed by atoms with van der Waals surface area (Å²) < 4.78 is 0. The fourth-order valence-electron chi connectivity index (χ4n) is 3.55. The second-order valence-corrected chi connectivity index (χ2v) is 6.82. The van der Waals surface area contributed by atoms with Crippen molar-refractivity contribution in [2.45, 2.75) is 45.4 Å². The standard InChI is InChI=1S/C19H25N3O2/c1-14-5-2-3-7-16(14)9-8-15-6-4-12-22(13-15)19(24)17-10-11-18(23)21-20-17/h2-3,5,7,15H,4,6,8-13H2,1H3,(H,21,23)/t15-/m1/s1. The zero-order valence-corrected chi connectivity index (χ0v) is 14.3. The summed E-state index contributed by atoms with van der Waals surface area (Å²) in [6.45, 7) is 3.76. The van der Waals surface area contributed by atoms with Crippen LogP contribution in [0.1, 0.15) is 43.2 Å². The van der Waals surface area contributed by atoms with E-state index in [1.54, 1.807) is 0 Å². The molecule has 1 aromatic rings. The molecule has 5 nitrogen and oxygen atoms in total. The van der Waals surface area contributed by atoms with Gasteiger partial charge in [-0.2, -0.15) is 5.10 Å². The summed E-state index contributed by atoms with van der Waals surface area (Å²) in [7, 11) is 0. The number of amides is 2. The van der Waals surface area contributed by atoms with Gasteiger partial charge in [0.25, 0.3) is 5.91 Å². The van der Waals surface area contributed by atoms with Crippen molar-refractivity contribution in [2.75, 3.05) is 13.1 Å². The topological polar surface area (TPSA) is 61.8 Å². The van der Waals surface area contributed by atoms with Crippen LogP contribution >= 0.6 is 0 Å². The van der Waals surface area contributed by atoms with Gasteiger partial charge in [-0.15, -0.1) is 0 Å². The lowest BCUT2D eigenvalue weighted by Gasteiger charge is -2.33. The summed E-state index contributed by atoms with van der Waals surface area (Å²) in [5.41, 5.74) is 5.66. The molecule has 3 rings (SSSR count). The zero-order valence-electron chi connectivity index (χ0n) is 14.3. The highest BCUT2D eigenvalue weighted by Gasteiger charge is 2.28. The molecule has 1 aromatic carbocycles. The van der Waals surface area contributed by atoms with E-state index < -0.39 is 0 Å². The normalized spacial score (nSPS) is 21.2. The van der Waals surface area contributed by atoms with Gasteiger partial charge in [0.05, 0.1) is 0 Å². The highest BCUT2D eigenvalue weighted by molar-refractivity contribution is 6.39. The Kier molecular flexibility index (Phi) is 5.28. The Labute approximate surface area is 143 Å². The van der Waals surface area contributed by atoms with E-state index in [2.05, 4.69) is 41.7 Å². The number of nitrogens with one attached hydrogen (secondary N) is 1. The molecule has 0 radical (unpaired) electrons. The molecule has 0 unspecified atom stereocenters. The molecule has 0 bridgehead atoms. The molecule has 5 heteroatoms. The molecule has 2 aliphatic heterocycles. The first-order chi connectivity index (χ1) is 11.6. The number of hydrogen-bond donors (Lipinski definition) is 1. The molecule has 0 aromatic heterocycles. The van der Waals surface area contributed by atoms with Crippen molar-refractivity contribution in [3.63, 3.8) is 0 Å². The highest BCUT2D eigenvalue weighted by Crippen LogP contribution is 2.23. The van der Waals surface area contributed by atoms with Gasteiger partial charge in [-0.1, -0.05) is 24.3 Å². The van der Waals surface area contributed by atoms with Gasteiger partial charge in [0, 0.05) is 25.9 Å². The second-order valence-electron chi connectivity index (χ2n) is 6.82. The highest BCUT2D eigenvalue weighted by atomic mass is 16.2. The third-order valence-electron chi connectivity index (χ3n) is 5.04. The minimum Gasteiger partial charge on any atom is -0.337 e. The summed E-state index contributed by atoms with van der Waals surface area (Å²) in [5.74, 6) is 0.429. The minimum absolute atomic E-state index is 0.00408. The molecule has 0 saturated carbocycles. The van der Waals surface area contributed by atoms with Crippen LogP contribution in [0.15, 0.2) is 29.4 Å². The predicted molar refractivity (Wildman–Crippen MR) is 93.6 cm³/mol. The molecule has 2 heterocycles. The number of hydrogen-bond acceptors (Lipinski definition) is 3. The van der Waals surface area contributed by atoms with Crippen LogP contribution in [-0.4, -0.2) is 35.5 Å². The van der Waals surface area contributed by atoms with Crippen molar-refractivity contribution in [3.8, 4) is 0 Å². The minimum atomic E-state index is -0.110. The third kappa shape index (κ3) is 4.02. The van der Waals surface area contributed by atoms with Gasteiger partial charge in [-0.25, -0.2) is 5.43 Å². The van der Waals surface area contributed by atoms with E-state index in [0.29, 0.717) is 24.5 Å². The van der Waals surface area contributed by atoms with Crippen LogP contribution in [0.2, 0.25) is 0 Å². The van der Waals surface area contributed by atoms with E-state index in [1.807, 2.05) is 4.90 Å². The summed E-state index contributed by atoms with van der Waals surface area (Å²) in [5, 5.41) is 3.94. The number of nitrogens with zero attached hydrogens (tertiary/aromatic N) is 2. The predicted octanol–water partition coefficient (Wildman–Crippen LogP) is 2.43. The second kappa shape index (κ2) is 7.60. The van der Waals surface area contributed by atoms with E-state index >= 15 is 0 Å². The molecule has 2 aliphatic rings. The van der Waals surface area contributed by atoms with Crippen molar-refractivity contribution in [2.24, 2.45) is 11.0 Å². The number of carbonyl (C=O) groups excluding carboxylic acids is 2. The third-order valence-corrected chi connectivity index (χ3v) is 5.04. The molecule has 128 valence electrons. The first-order valence-corrected chi connectivity index (χ1v) is 8.82. The van der Waals surface area contributed by atoms with E-state index in [9.17, 15) is 9.59 Å². The monoisotopic (exact) mass is 327 g/mol. The van der Waals surface area contributed by atoms with Crippen LogP contribution in [-0.2, 0) is 16.0 Å². The lowest BCUT2D eigenvalue weighted by Crippen LogP contribution is -2.45. The molecule has 1 N–H and O–H groups in total. The number of carbonyl (C=O) groups is 2. The van der Waals surface area contributed by atoms with Gasteiger partial charge < -0.3 is 4.90 Å². The maximum Gasteiger partial charge on any atom is 0.270 e. The smallest absolute Gasteiger partial charge is 0.270 e. The van der Waals surface area contributed by atoms with Crippen LogP contribution in [0.3, 0.4) is 0 Å². The summed E-state index contributed by atoms with van der Waals surface area (Å²) in [6.07, 6.45) is 5.21. The Morgan fingerprint density at radius 2 is 2.17 bits per heavy atom. The Balaban J connectivity index is 1.55. The molecular weight excluding hydrogens is 302 g/mol. The van der Waals surface area contributed by atoms with E-state index in [4.69, 9.17) is 0 Å². The molecule has 1 fully saturated rings. The SMILES string of the molecule is Cc1ccccc1CC[C@H]1CCCN(C(=O)C2=NNC(=O)CC2)C1. The molecule has 2 amide bonds. The summed E-state index contributed by atoms with van der Waals surface area (Å²) in [6, 6.07) is 8.51. The number of benzene rings is 1. The average molecular weight is 327 g/mol. The van der Waals surface area contributed by atoms with Gasteiger partial charge in [-0.05, 0) is 49.7 Å². The average Bonchev–Trinajstić information content (AvgIpc) is 2.61. The fourth-order valence-corrected chi connectivity index (χ4v) is 3.55. The van der Waals surface area contributed by atoms with Crippen molar-refractivity contribution < 1.29 is 9.59 Å². The van der Waals surface area contributed by atoms with E-state index in [0.717, 1.165) is 32.4 Å². The first kappa shape index (κ1) is 16.7. The van der Waals surface area contributed by atoms with E-state index in [1.165, 1.54) is 17.5 Å². The van der Waals surface area contributed by atoms with Crippen LogP contribution < -0.4 is 5.43 Å². The fraction of sp³-hybridized carbons (Fsp3) is 0.526. The first-order valence-electron chi connectivity index (χ1n) is 8.82. The van der Waals surface area contributed by atoms with Crippen LogP contribution in [0.4, 0.5) is 0 Å². The molecule has 24 heavy (non-hydrogen) atoms. The van der Waals surface area contributed by atoms with Gasteiger partial charge in [0.1, 0.15) is 5.71 Å². The molecule has 0 spiro atoms. The van der Waals surface area contributed by atoms with Gasteiger partial charge >= 0.3 is 0 Å². The van der Waals surface area contributed by atoms with Crippen molar-refractivity contribution >= 4 is 17.5 Å². The Morgan fingerprint density at radius 3 is 2.92 bits per heavy atom. The summed E-state index contributed by atoms with van der Waals surface area (Å²) >= 11 is 0. The number of aryl methyl sites for hydroxylation is 2. The lowest BCUT2D eigenvalue weighted by molar-refractivity contribution is -0.126. The van der Waals surface area contributed by atoms with Crippen molar-refractivity contribution in [1.29, 1.82) is 0 Å². The van der Waals surface area contributed by atoms with Crippen molar-refractivity contribution in [1.82, 2.24) is 10.3 Å². The number of piperidine rings is 1. The Bertz CT molecular complexity index is 654. The van der Waals surface area contributed by atoms with Crippen molar-refractivity contribution in [3.05, 3.63) is 35.4 Å². The van der Waals surface area contributed by atoms with Crippen LogP contribution in [0.25, 0.3) is 0 Å². The molecule has 1 atom stereocenters. The quantitative estimate of drug-likeness (QED) is 0.923. The Hall–Kier alpha value is -2.17. The maximum atomic E-state index is 12.6. The zero-order chi connectivity index (χ0) is 16.9.